The fourth-order valence-corrected chi connectivity index (χ4v) is 2.35. The summed E-state index contributed by atoms with van der Waals surface area (Å²) in [5, 5.41) is 22.9. The van der Waals surface area contributed by atoms with Crippen molar-refractivity contribution >= 4 is 0 Å². The number of hydrogen-bond acceptors (Lipinski definition) is 4. The van der Waals surface area contributed by atoms with E-state index < -0.39 is 0 Å². The Morgan fingerprint density at radius 3 is 2.71 bits per heavy atom. The fourth-order valence-electron chi connectivity index (χ4n) is 2.35. The molecule has 0 radical (unpaired) electrons. The second kappa shape index (κ2) is 5.49. The summed E-state index contributed by atoms with van der Waals surface area (Å²) >= 11 is 0. The molecule has 0 spiro atoms. The van der Waals surface area contributed by atoms with Crippen molar-refractivity contribution in [1.82, 2.24) is 10.2 Å². The number of aromatic hydroxyl groups is 1. The summed E-state index contributed by atoms with van der Waals surface area (Å²) in [4.78, 5) is 2.21. The molecule has 0 aliphatic carbocycles. The molecule has 0 bridgehead atoms. The highest BCUT2D eigenvalue weighted by atomic mass is 16.3. The fraction of sp³-hybridized carbons (Fsp3) is 0.538. The number of nitrogens with zero attached hydrogens (tertiary/aromatic N) is 1. The van der Waals surface area contributed by atoms with E-state index in [-0.39, 0.29) is 12.6 Å². The largest absolute Gasteiger partial charge is 0.507 e. The van der Waals surface area contributed by atoms with Gasteiger partial charge < -0.3 is 15.5 Å². The summed E-state index contributed by atoms with van der Waals surface area (Å²) in [6, 6.07) is 5.60. The van der Waals surface area contributed by atoms with Gasteiger partial charge in [-0.2, -0.15) is 0 Å². The summed E-state index contributed by atoms with van der Waals surface area (Å²) in [5.74, 6) is 0.310. The van der Waals surface area contributed by atoms with Crippen LogP contribution in [-0.2, 0) is 0 Å². The molecule has 2 rings (SSSR count). The molecule has 1 fully saturated rings. The van der Waals surface area contributed by atoms with Gasteiger partial charge in [-0.05, 0) is 12.5 Å². The van der Waals surface area contributed by atoms with E-state index in [1.54, 1.807) is 0 Å². The molecule has 4 nitrogen and oxygen atoms in total. The molecule has 1 aliphatic rings. The number of piperazine rings is 1. The van der Waals surface area contributed by atoms with Crippen molar-refractivity contribution in [2.24, 2.45) is 0 Å². The summed E-state index contributed by atoms with van der Waals surface area (Å²) in [6.07, 6.45) is 0. The zero-order valence-corrected chi connectivity index (χ0v) is 10.2. The van der Waals surface area contributed by atoms with Gasteiger partial charge in [0.05, 0.1) is 12.6 Å². The molecule has 1 aromatic rings. The number of phenolic OH excluding ortho intramolecular Hbond substituents is 1. The van der Waals surface area contributed by atoms with Crippen LogP contribution in [0.2, 0.25) is 0 Å². The summed E-state index contributed by atoms with van der Waals surface area (Å²) in [7, 11) is 0. The number of aryl methyl sites for hydroxylation is 1. The molecule has 1 aliphatic heterocycles. The molecule has 0 saturated carbocycles. The van der Waals surface area contributed by atoms with Crippen LogP contribution in [-0.4, -0.2) is 47.9 Å². The van der Waals surface area contributed by atoms with Crippen LogP contribution in [0.5, 0.6) is 5.75 Å². The maximum Gasteiger partial charge on any atom is 0.123 e. The lowest BCUT2D eigenvalue weighted by atomic mass is 10.0. The molecule has 1 aromatic carbocycles. The third kappa shape index (κ3) is 2.60. The standard InChI is InChI=1S/C13H20N2O2/c1-10-3-2-4-11(13(10)17)12(9-16)15-7-5-14-6-8-15/h2-4,12,14,16-17H,5-9H2,1H3/t12-/m0/s1. The first kappa shape index (κ1) is 12.4. The highest BCUT2D eigenvalue weighted by Gasteiger charge is 2.23. The van der Waals surface area contributed by atoms with Crippen molar-refractivity contribution in [3.05, 3.63) is 29.3 Å². The lowest BCUT2D eigenvalue weighted by Gasteiger charge is -2.34. The smallest absolute Gasteiger partial charge is 0.123 e. The van der Waals surface area contributed by atoms with Gasteiger partial charge >= 0.3 is 0 Å². The summed E-state index contributed by atoms with van der Waals surface area (Å²) < 4.78 is 0. The maximum atomic E-state index is 10.1. The van der Waals surface area contributed by atoms with Gasteiger partial charge in [-0.1, -0.05) is 18.2 Å². The van der Waals surface area contributed by atoms with Crippen LogP contribution >= 0.6 is 0 Å². The number of aliphatic hydroxyl groups is 1. The Morgan fingerprint density at radius 1 is 1.35 bits per heavy atom. The topological polar surface area (TPSA) is 55.7 Å². The first-order valence-corrected chi connectivity index (χ1v) is 6.08. The first-order valence-electron chi connectivity index (χ1n) is 6.08. The van der Waals surface area contributed by atoms with Gasteiger partial charge in [0.25, 0.3) is 0 Å². The molecular weight excluding hydrogens is 216 g/mol. The predicted molar refractivity (Wildman–Crippen MR) is 67.1 cm³/mol. The van der Waals surface area contributed by atoms with Crippen LogP contribution in [0.4, 0.5) is 0 Å². The van der Waals surface area contributed by atoms with Crippen LogP contribution in [0.25, 0.3) is 0 Å². The Bertz CT molecular complexity index is 376. The third-order valence-electron chi connectivity index (χ3n) is 3.39. The van der Waals surface area contributed by atoms with E-state index in [1.807, 2.05) is 25.1 Å². The number of para-hydroxylation sites is 1. The van der Waals surface area contributed by atoms with Crippen LogP contribution in [0.15, 0.2) is 18.2 Å². The second-order valence-corrected chi connectivity index (χ2v) is 4.50. The summed E-state index contributed by atoms with van der Waals surface area (Å²) in [6.45, 7) is 5.59. The Labute approximate surface area is 102 Å². The molecule has 1 atom stereocenters. The quantitative estimate of drug-likeness (QED) is 0.721. The molecular formula is C13H20N2O2. The Balaban J connectivity index is 2.24. The molecule has 1 saturated heterocycles. The van der Waals surface area contributed by atoms with Crippen molar-refractivity contribution in [2.45, 2.75) is 13.0 Å². The van der Waals surface area contributed by atoms with E-state index >= 15 is 0 Å². The van der Waals surface area contributed by atoms with Crippen LogP contribution in [0, 0.1) is 6.92 Å². The van der Waals surface area contributed by atoms with E-state index in [2.05, 4.69) is 10.2 Å². The molecule has 94 valence electrons. The average Bonchev–Trinajstić information content (AvgIpc) is 2.37. The maximum absolute atomic E-state index is 10.1. The van der Waals surface area contributed by atoms with Gasteiger partial charge in [0.1, 0.15) is 5.75 Å². The van der Waals surface area contributed by atoms with Crippen molar-refractivity contribution in [3.63, 3.8) is 0 Å². The SMILES string of the molecule is Cc1cccc([C@H](CO)N2CCNCC2)c1O. The lowest BCUT2D eigenvalue weighted by molar-refractivity contribution is 0.109. The molecule has 1 heterocycles. The van der Waals surface area contributed by atoms with Gasteiger partial charge in [0.15, 0.2) is 0 Å². The zero-order valence-electron chi connectivity index (χ0n) is 10.2. The number of rotatable bonds is 3. The van der Waals surface area contributed by atoms with Crippen LogP contribution < -0.4 is 5.32 Å². The van der Waals surface area contributed by atoms with E-state index in [0.717, 1.165) is 37.3 Å². The molecule has 4 heteroatoms. The van der Waals surface area contributed by atoms with Gasteiger partial charge in [-0.25, -0.2) is 0 Å². The Kier molecular flexibility index (Phi) is 3.99. The highest BCUT2D eigenvalue weighted by Crippen LogP contribution is 2.30. The van der Waals surface area contributed by atoms with Gasteiger partial charge in [-0.3, -0.25) is 4.90 Å². The minimum absolute atomic E-state index is 0.0387. The van der Waals surface area contributed by atoms with Crippen molar-refractivity contribution in [2.75, 3.05) is 32.8 Å². The molecule has 17 heavy (non-hydrogen) atoms. The van der Waals surface area contributed by atoms with Gasteiger partial charge in [0, 0.05) is 31.7 Å². The van der Waals surface area contributed by atoms with Crippen LogP contribution in [0.1, 0.15) is 17.2 Å². The molecule has 3 N–H and O–H groups in total. The lowest BCUT2D eigenvalue weighted by Crippen LogP contribution is -2.46. The van der Waals surface area contributed by atoms with Gasteiger partial charge in [-0.15, -0.1) is 0 Å². The molecule has 0 unspecified atom stereocenters. The predicted octanol–water partition coefficient (Wildman–Crippen LogP) is 0.639. The monoisotopic (exact) mass is 236 g/mol. The van der Waals surface area contributed by atoms with E-state index in [4.69, 9.17) is 0 Å². The molecule has 0 aromatic heterocycles. The number of hydrogen-bond donors (Lipinski definition) is 3. The second-order valence-electron chi connectivity index (χ2n) is 4.50. The Morgan fingerprint density at radius 2 is 2.06 bits per heavy atom. The normalized spacial score (nSPS) is 19.2. The third-order valence-corrected chi connectivity index (χ3v) is 3.39. The Hall–Kier alpha value is -1.10. The van der Waals surface area contributed by atoms with Crippen molar-refractivity contribution < 1.29 is 10.2 Å². The number of aliphatic hydroxyl groups excluding tert-OH is 1. The average molecular weight is 236 g/mol. The number of benzene rings is 1. The molecule has 0 amide bonds. The van der Waals surface area contributed by atoms with E-state index in [9.17, 15) is 10.2 Å². The number of nitrogens with one attached hydrogen (secondary N) is 1. The van der Waals surface area contributed by atoms with Crippen molar-refractivity contribution in [1.29, 1.82) is 0 Å². The van der Waals surface area contributed by atoms with Crippen molar-refractivity contribution in [3.8, 4) is 5.75 Å². The minimum atomic E-state index is -0.100. The minimum Gasteiger partial charge on any atom is -0.507 e. The van der Waals surface area contributed by atoms with E-state index in [1.165, 1.54) is 0 Å². The first-order chi connectivity index (χ1) is 8.24. The van der Waals surface area contributed by atoms with Gasteiger partial charge in [0.2, 0.25) is 0 Å². The zero-order chi connectivity index (χ0) is 12.3. The summed E-state index contributed by atoms with van der Waals surface area (Å²) in [5.41, 5.74) is 1.69. The highest BCUT2D eigenvalue weighted by molar-refractivity contribution is 5.41. The van der Waals surface area contributed by atoms with E-state index in [0.29, 0.717) is 5.75 Å². The number of phenols is 1. The van der Waals surface area contributed by atoms with Crippen LogP contribution in [0.3, 0.4) is 0 Å².